The molecule has 0 aromatic heterocycles. The van der Waals surface area contributed by atoms with Gasteiger partial charge in [0, 0.05) is 16.8 Å². The summed E-state index contributed by atoms with van der Waals surface area (Å²) < 4.78 is 11.8. The molecular formula is C27H25NO3. The van der Waals surface area contributed by atoms with Crippen LogP contribution >= 0.6 is 0 Å². The van der Waals surface area contributed by atoms with Crippen molar-refractivity contribution >= 4 is 22.4 Å². The third-order valence-electron chi connectivity index (χ3n) is 5.01. The summed E-state index contributed by atoms with van der Waals surface area (Å²) in [6.45, 7) is 4.78. The van der Waals surface area contributed by atoms with Gasteiger partial charge in [-0.1, -0.05) is 42.5 Å². The summed E-state index contributed by atoms with van der Waals surface area (Å²) in [4.78, 5) is 12.8. The fourth-order valence-corrected chi connectivity index (χ4v) is 3.47. The molecule has 0 radical (unpaired) electrons. The summed E-state index contributed by atoms with van der Waals surface area (Å²) in [5.74, 6) is 1.33. The summed E-state index contributed by atoms with van der Waals surface area (Å²) in [7, 11) is 0. The van der Waals surface area contributed by atoms with Gasteiger partial charge in [-0.3, -0.25) is 4.79 Å². The Balaban J connectivity index is 1.54. The minimum atomic E-state index is -0.166. The number of anilines is 1. The van der Waals surface area contributed by atoms with Gasteiger partial charge in [0.25, 0.3) is 5.91 Å². The molecule has 0 heterocycles. The number of hydrogen-bond acceptors (Lipinski definition) is 3. The Bertz CT molecular complexity index is 1220. The molecule has 0 unspecified atom stereocenters. The predicted octanol–water partition coefficient (Wildman–Crippen LogP) is 6.38. The van der Waals surface area contributed by atoms with Gasteiger partial charge in [0.1, 0.15) is 18.1 Å². The van der Waals surface area contributed by atoms with Gasteiger partial charge in [-0.25, -0.2) is 0 Å². The fraction of sp³-hybridized carbons (Fsp3) is 0.148. The van der Waals surface area contributed by atoms with E-state index in [4.69, 9.17) is 9.47 Å². The van der Waals surface area contributed by atoms with Crippen LogP contribution in [0.15, 0.2) is 84.9 Å². The number of nitrogens with one attached hydrogen (secondary N) is 1. The number of aryl methyl sites for hydroxylation is 1. The van der Waals surface area contributed by atoms with Crippen molar-refractivity contribution in [3.63, 3.8) is 0 Å². The minimum Gasteiger partial charge on any atom is -0.493 e. The van der Waals surface area contributed by atoms with Crippen LogP contribution in [0.3, 0.4) is 0 Å². The average Bonchev–Trinajstić information content (AvgIpc) is 2.78. The zero-order valence-electron chi connectivity index (χ0n) is 17.7. The lowest BCUT2D eigenvalue weighted by Gasteiger charge is -2.14. The second-order valence-corrected chi connectivity index (χ2v) is 7.38. The summed E-state index contributed by atoms with van der Waals surface area (Å²) >= 11 is 0. The lowest BCUT2D eigenvalue weighted by atomic mass is 10.1. The molecule has 0 bridgehead atoms. The normalized spacial score (nSPS) is 10.6. The maximum atomic E-state index is 12.8. The maximum absolute atomic E-state index is 12.8. The Morgan fingerprint density at radius 3 is 2.48 bits per heavy atom. The molecule has 156 valence electrons. The summed E-state index contributed by atoms with van der Waals surface area (Å²) in [6.07, 6.45) is 0. The number of carbonyl (C=O) groups is 1. The van der Waals surface area contributed by atoms with Crippen molar-refractivity contribution in [1.29, 1.82) is 0 Å². The van der Waals surface area contributed by atoms with Crippen LogP contribution in [0, 0.1) is 6.92 Å². The van der Waals surface area contributed by atoms with Gasteiger partial charge in [-0.05, 0) is 72.6 Å². The van der Waals surface area contributed by atoms with E-state index in [1.807, 2.05) is 80.6 Å². The van der Waals surface area contributed by atoms with Gasteiger partial charge in [0.2, 0.25) is 0 Å². The molecular weight excluding hydrogens is 386 g/mol. The van der Waals surface area contributed by atoms with Gasteiger partial charge in [-0.2, -0.15) is 0 Å². The Morgan fingerprint density at radius 1 is 0.839 bits per heavy atom. The van der Waals surface area contributed by atoms with E-state index >= 15 is 0 Å². The Kier molecular flexibility index (Phi) is 6.18. The highest BCUT2D eigenvalue weighted by atomic mass is 16.5. The van der Waals surface area contributed by atoms with Crippen molar-refractivity contribution in [2.24, 2.45) is 0 Å². The van der Waals surface area contributed by atoms with Crippen molar-refractivity contribution in [2.75, 3.05) is 11.9 Å². The minimum absolute atomic E-state index is 0.166. The Hall–Kier alpha value is -3.79. The third-order valence-corrected chi connectivity index (χ3v) is 5.01. The van der Waals surface area contributed by atoms with E-state index in [-0.39, 0.29) is 5.91 Å². The molecule has 0 aliphatic carbocycles. The average molecular weight is 412 g/mol. The molecule has 0 saturated carbocycles. The van der Waals surface area contributed by atoms with Gasteiger partial charge in [0.05, 0.1) is 6.61 Å². The van der Waals surface area contributed by atoms with Crippen LogP contribution in [-0.2, 0) is 6.61 Å². The molecule has 0 atom stereocenters. The summed E-state index contributed by atoms with van der Waals surface area (Å²) in [5, 5.41) is 5.24. The van der Waals surface area contributed by atoms with Crippen LogP contribution in [0.2, 0.25) is 0 Å². The monoisotopic (exact) mass is 411 g/mol. The van der Waals surface area contributed by atoms with Crippen LogP contribution in [0.1, 0.15) is 28.4 Å². The molecule has 4 heteroatoms. The predicted molar refractivity (Wildman–Crippen MR) is 125 cm³/mol. The van der Waals surface area contributed by atoms with Crippen LogP contribution in [-0.4, -0.2) is 12.5 Å². The lowest BCUT2D eigenvalue weighted by molar-refractivity contribution is 0.102. The number of ether oxygens (including phenoxy) is 2. The van der Waals surface area contributed by atoms with Crippen LogP contribution in [0.4, 0.5) is 5.69 Å². The molecule has 1 N–H and O–H groups in total. The van der Waals surface area contributed by atoms with Crippen molar-refractivity contribution in [1.82, 2.24) is 0 Å². The first kappa shape index (κ1) is 20.5. The van der Waals surface area contributed by atoms with E-state index in [0.29, 0.717) is 18.8 Å². The summed E-state index contributed by atoms with van der Waals surface area (Å²) in [5.41, 5.74) is 3.25. The van der Waals surface area contributed by atoms with Crippen molar-refractivity contribution in [2.45, 2.75) is 20.5 Å². The van der Waals surface area contributed by atoms with Crippen molar-refractivity contribution in [3.05, 3.63) is 102 Å². The molecule has 4 rings (SSSR count). The van der Waals surface area contributed by atoms with E-state index in [1.165, 1.54) is 5.39 Å². The standard InChI is InChI=1S/C27H25NO3/c1-3-30-26-14-12-22(27(29)28-24-10-6-7-19(2)15-24)16-23(26)18-31-25-13-11-20-8-4-5-9-21(20)17-25/h4-17H,3,18H2,1-2H3,(H,28,29). The molecule has 0 saturated heterocycles. The molecule has 1 amide bonds. The highest BCUT2D eigenvalue weighted by Gasteiger charge is 2.12. The molecule has 31 heavy (non-hydrogen) atoms. The lowest BCUT2D eigenvalue weighted by Crippen LogP contribution is -2.13. The molecule has 0 aliphatic rings. The highest BCUT2D eigenvalue weighted by Crippen LogP contribution is 2.25. The number of amides is 1. The van der Waals surface area contributed by atoms with Crippen LogP contribution in [0.25, 0.3) is 10.8 Å². The van der Waals surface area contributed by atoms with E-state index in [9.17, 15) is 4.79 Å². The second kappa shape index (κ2) is 9.35. The van der Waals surface area contributed by atoms with Crippen molar-refractivity contribution < 1.29 is 14.3 Å². The van der Waals surface area contributed by atoms with E-state index in [0.717, 1.165) is 33.7 Å². The molecule has 4 nitrogen and oxygen atoms in total. The maximum Gasteiger partial charge on any atom is 0.255 e. The zero-order chi connectivity index (χ0) is 21.6. The zero-order valence-corrected chi connectivity index (χ0v) is 17.7. The number of fused-ring (bicyclic) bond motifs is 1. The number of benzene rings is 4. The molecule has 0 aliphatic heterocycles. The van der Waals surface area contributed by atoms with Gasteiger partial charge < -0.3 is 14.8 Å². The molecule has 0 spiro atoms. The van der Waals surface area contributed by atoms with Gasteiger partial charge >= 0.3 is 0 Å². The third kappa shape index (κ3) is 5.04. The highest BCUT2D eigenvalue weighted by molar-refractivity contribution is 6.04. The van der Waals surface area contributed by atoms with E-state index in [2.05, 4.69) is 17.4 Å². The summed E-state index contributed by atoms with van der Waals surface area (Å²) in [6, 6.07) is 27.3. The molecule has 4 aromatic rings. The SMILES string of the molecule is CCOc1ccc(C(=O)Nc2cccc(C)c2)cc1COc1ccc2ccccc2c1. The number of carbonyl (C=O) groups excluding carboxylic acids is 1. The first-order chi connectivity index (χ1) is 15.1. The second-order valence-electron chi connectivity index (χ2n) is 7.38. The van der Waals surface area contributed by atoms with Crippen LogP contribution < -0.4 is 14.8 Å². The van der Waals surface area contributed by atoms with Gasteiger partial charge in [0.15, 0.2) is 0 Å². The van der Waals surface area contributed by atoms with E-state index in [1.54, 1.807) is 6.07 Å². The first-order valence-corrected chi connectivity index (χ1v) is 10.4. The number of rotatable bonds is 7. The Labute approximate surface area is 182 Å². The Morgan fingerprint density at radius 2 is 1.68 bits per heavy atom. The van der Waals surface area contributed by atoms with Crippen LogP contribution in [0.5, 0.6) is 11.5 Å². The van der Waals surface area contributed by atoms with E-state index < -0.39 is 0 Å². The molecule has 0 fully saturated rings. The molecule has 4 aromatic carbocycles. The fourth-order valence-electron chi connectivity index (χ4n) is 3.47. The number of hydrogen-bond donors (Lipinski definition) is 1. The largest absolute Gasteiger partial charge is 0.493 e. The van der Waals surface area contributed by atoms with Gasteiger partial charge in [-0.15, -0.1) is 0 Å². The quantitative estimate of drug-likeness (QED) is 0.384. The van der Waals surface area contributed by atoms with Crippen molar-refractivity contribution in [3.8, 4) is 11.5 Å². The topological polar surface area (TPSA) is 47.6 Å². The smallest absolute Gasteiger partial charge is 0.255 e. The first-order valence-electron chi connectivity index (χ1n) is 10.4.